The number of anilines is 3. The van der Waals surface area contributed by atoms with E-state index in [1.165, 1.54) is 0 Å². The molecule has 3 aliphatic heterocycles. The first-order valence-corrected chi connectivity index (χ1v) is 20.0. The van der Waals surface area contributed by atoms with E-state index in [4.69, 9.17) is 4.42 Å². The average molecular weight is 787 g/mol. The van der Waals surface area contributed by atoms with Gasteiger partial charge in [0.15, 0.2) is 5.65 Å². The number of furan rings is 1. The topological polar surface area (TPSA) is 187 Å². The van der Waals surface area contributed by atoms with Crippen molar-refractivity contribution >= 4 is 52.5 Å². The van der Waals surface area contributed by atoms with Gasteiger partial charge in [-0.25, -0.2) is 4.98 Å². The van der Waals surface area contributed by atoms with Crippen LogP contribution in [-0.2, 0) is 20.9 Å². The molecular formula is C42H46N10O6. The Kier molecular flexibility index (Phi) is 11.4. The molecule has 6 heterocycles. The summed E-state index contributed by atoms with van der Waals surface area (Å²) < 4.78 is 7.25. The smallest absolute Gasteiger partial charge is 0.264 e. The third kappa shape index (κ3) is 8.12. The van der Waals surface area contributed by atoms with Gasteiger partial charge in [-0.3, -0.25) is 38.6 Å². The fourth-order valence-electron chi connectivity index (χ4n) is 7.95. The molecule has 16 heteroatoms. The number of hydrogen-bond acceptors (Lipinski definition) is 12. The van der Waals surface area contributed by atoms with Gasteiger partial charge in [0.05, 0.1) is 23.9 Å². The van der Waals surface area contributed by atoms with Gasteiger partial charge >= 0.3 is 0 Å². The second-order valence-electron chi connectivity index (χ2n) is 14.8. The van der Waals surface area contributed by atoms with Crippen LogP contribution in [0.2, 0.25) is 0 Å². The maximum absolute atomic E-state index is 13.3. The van der Waals surface area contributed by atoms with Crippen LogP contribution in [0.4, 0.5) is 17.3 Å². The van der Waals surface area contributed by atoms with Gasteiger partial charge in [-0.05, 0) is 61.2 Å². The molecule has 300 valence electrons. The van der Waals surface area contributed by atoms with Crippen molar-refractivity contribution in [3.05, 3.63) is 90.3 Å². The van der Waals surface area contributed by atoms with Crippen LogP contribution in [0.25, 0.3) is 16.8 Å². The molecule has 2 saturated heterocycles. The Morgan fingerprint density at radius 1 is 0.845 bits per heavy atom. The standard InChI is InChI=1S/C42H46N10O6/c53-35-18-17-34(39(55)47-35)52-40(56)31-10-7-11-33(37(31)41(52)57)43-19-6-4-2-1-3-5-12-36(54)50-22-20-49(21-23-50)29-15-13-28(14-16-29)32-26-45-42(51-27-46-48-38(32)51)44-25-30-9-8-24-58-30/h7-11,13-16,24,26-27,34,43H,1-6,12,17-23,25H2,(H,44,45)(H,47,53,55). The van der Waals surface area contributed by atoms with E-state index < -0.39 is 29.7 Å². The molecule has 2 fully saturated rings. The van der Waals surface area contributed by atoms with E-state index in [1.54, 1.807) is 30.8 Å². The summed E-state index contributed by atoms with van der Waals surface area (Å²) in [6.45, 7) is 4.08. The molecule has 5 aromatic rings. The van der Waals surface area contributed by atoms with Crippen molar-refractivity contribution < 1.29 is 28.4 Å². The molecule has 3 aromatic heterocycles. The molecule has 58 heavy (non-hydrogen) atoms. The van der Waals surface area contributed by atoms with Gasteiger partial charge in [0.2, 0.25) is 23.7 Å². The number of nitrogens with one attached hydrogen (secondary N) is 3. The van der Waals surface area contributed by atoms with E-state index in [2.05, 4.69) is 60.3 Å². The maximum atomic E-state index is 13.3. The number of benzene rings is 2. The zero-order chi connectivity index (χ0) is 40.0. The molecule has 8 rings (SSSR count). The molecular weight excluding hydrogens is 741 g/mol. The molecule has 0 aliphatic carbocycles. The number of aromatic nitrogens is 4. The summed E-state index contributed by atoms with van der Waals surface area (Å²) >= 11 is 0. The summed E-state index contributed by atoms with van der Waals surface area (Å²) in [5, 5.41) is 17.3. The monoisotopic (exact) mass is 786 g/mol. The molecule has 0 spiro atoms. The highest BCUT2D eigenvalue weighted by atomic mass is 16.3. The lowest BCUT2D eigenvalue weighted by Gasteiger charge is -2.36. The van der Waals surface area contributed by atoms with Crippen LogP contribution in [0.1, 0.15) is 84.3 Å². The summed E-state index contributed by atoms with van der Waals surface area (Å²) in [6.07, 6.45) is 11.7. The van der Waals surface area contributed by atoms with Gasteiger partial charge in [-0.2, -0.15) is 0 Å². The highest BCUT2D eigenvalue weighted by molar-refractivity contribution is 6.25. The molecule has 0 bridgehead atoms. The highest BCUT2D eigenvalue weighted by Gasteiger charge is 2.45. The lowest BCUT2D eigenvalue weighted by atomic mass is 10.0. The lowest BCUT2D eigenvalue weighted by molar-refractivity contribution is -0.136. The number of carbonyl (C=O) groups excluding carboxylic acids is 5. The number of nitrogens with zero attached hydrogens (tertiary/aromatic N) is 7. The van der Waals surface area contributed by atoms with Gasteiger partial charge in [-0.15, -0.1) is 10.2 Å². The molecule has 2 aromatic carbocycles. The zero-order valence-corrected chi connectivity index (χ0v) is 32.2. The highest BCUT2D eigenvalue weighted by Crippen LogP contribution is 2.33. The minimum absolute atomic E-state index is 0.0829. The van der Waals surface area contributed by atoms with E-state index in [0.29, 0.717) is 49.9 Å². The van der Waals surface area contributed by atoms with Crippen LogP contribution < -0.4 is 20.9 Å². The maximum Gasteiger partial charge on any atom is 0.264 e. The molecule has 3 aliphatic rings. The van der Waals surface area contributed by atoms with Crippen molar-refractivity contribution in [2.75, 3.05) is 48.3 Å². The second-order valence-corrected chi connectivity index (χ2v) is 14.8. The predicted octanol–water partition coefficient (Wildman–Crippen LogP) is 4.89. The zero-order valence-electron chi connectivity index (χ0n) is 32.2. The van der Waals surface area contributed by atoms with Crippen molar-refractivity contribution in [1.82, 2.24) is 34.7 Å². The van der Waals surface area contributed by atoms with Crippen LogP contribution in [0, 0.1) is 0 Å². The summed E-state index contributed by atoms with van der Waals surface area (Å²) in [4.78, 5) is 73.3. The number of carbonyl (C=O) groups is 5. The third-order valence-electron chi connectivity index (χ3n) is 11.1. The van der Waals surface area contributed by atoms with Crippen LogP contribution >= 0.6 is 0 Å². The number of amides is 5. The number of rotatable bonds is 16. The number of fused-ring (bicyclic) bond motifs is 2. The summed E-state index contributed by atoms with van der Waals surface area (Å²) in [5.74, 6) is -0.395. The largest absolute Gasteiger partial charge is 0.467 e. The number of hydrogen-bond donors (Lipinski definition) is 3. The molecule has 16 nitrogen and oxygen atoms in total. The molecule has 3 N–H and O–H groups in total. The number of unbranched alkanes of at least 4 members (excludes halogenated alkanes) is 5. The SMILES string of the molecule is O=C1CCC(N2C(=O)c3cccc(NCCCCCCCCC(=O)N4CCN(c5ccc(-c6cnc(NCc7ccco7)n7cnnc67)cc5)CC4)c3C2=O)C(=O)N1. The Morgan fingerprint density at radius 3 is 2.41 bits per heavy atom. The fourth-order valence-corrected chi connectivity index (χ4v) is 7.95. The number of imide groups is 2. The summed E-state index contributed by atoms with van der Waals surface area (Å²) in [7, 11) is 0. The Labute approximate surface area is 335 Å². The van der Waals surface area contributed by atoms with Crippen molar-refractivity contribution in [3.8, 4) is 11.1 Å². The number of piperazine rings is 1. The van der Waals surface area contributed by atoms with Crippen molar-refractivity contribution in [2.24, 2.45) is 0 Å². The Balaban J connectivity index is 0.718. The fraction of sp³-hybridized carbons (Fsp3) is 0.381. The van der Waals surface area contributed by atoms with Gasteiger partial charge in [0.25, 0.3) is 11.8 Å². The average Bonchev–Trinajstić information content (AvgIpc) is 4.01. The van der Waals surface area contributed by atoms with E-state index >= 15 is 0 Å². The Bertz CT molecular complexity index is 2300. The Hall–Kier alpha value is -6.58. The van der Waals surface area contributed by atoms with E-state index in [0.717, 1.165) is 79.1 Å². The predicted molar refractivity (Wildman–Crippen MR) is 215 cm³/mol. The first kappa shape index (κ1) is 38.3. The minimum atomic E-state index is -0.987. The van der Waals surface area contributed by atoms with Gasteiger partial charge in [0.1, 0.15) is 18.1 Å². The molecule has 0 saturated carbocycles. The van der Waals surface area contributed by atoms with Gasteiger partial charge in [0, 0.05) is 68.7 Å². The second kappa shape index (κ2) is 17.3. The number of piperidine rings is 1. The lowest BCUT2D eigenvalue weighted by Crippen LogP contribution is -2.54. The molecule has 1 atom stereocenters. The molecule has 1 unspecified atom stereocenters. The van der Waals surface area contributed by atoms with Gasteiger partial charge in [-0.1, -0.05) is 43.9 Å². The van der Waals surface area contributed by atoms with Crippen LogP contribution in [-0.4, -0.2) is 97.7 Å². The van der Waals surface area contributed by atoms with Gasteiger partial charge < -0.3 is 24.9 Å². The third-order valence-corrected chi connectivity index (χ3v) is 11.1. The minimum Gasteiger partial charge on any atom is -0.467 e. The molecule has 0 radical (unpaired) electrons. The normalized spacial score (nSPS) is 16.9. The van der Waals surface area contributed by atoms with Crippen LogP contribution in [0.3, 0.4) is 0 Å². The van der Waals surface area contributed by atoms with E-state index in [-0.39, 0.29) is 29.9 Å². The Morgan fingerprint density at radius 2 is 1.64 bits per heavy atom. The first-order chi connectivity index (χ1) is 28.4. The van der Waals surface area contributed by atoms with Crippen LogP contribution in [0.5, 0.6) is 0 Å². The van der Waals surface area contributed by atoms with Crippen LogP contribution in [0.15, 0.2) is 77.8 Å². The van der Waals surface area contributed by atoms with E-state index in [9.17, 15) is 24.0 Å². The van der Waals surface area contributed by atoms with Crippen molar-refractivity contribution in [3.63, 3.8) is 0 Å². The quantitative estimate of drug-likeness (QED) is 0.0910. The summed E-state index contributed by atoms with van der Waals surface area (Å²) in [6, 6.07) is 16.2. The summed E-state index contributed by atoms with van der Waals surface area (Å²) in [5.41, 5.74) is 4.81. The van der Waals surface area contributed by atoms with Crippen molar-refractivity contribution in [2.45, 2.75) is 70.4 Å². The van der Waals surface area contributed by atoms with E-state index in [1.807, 2.05) is 27.6 Å². The first-order valence-electron chi connectivity index (χ1n) is 20.0. The van der Waals surface area contributed by atoms with Crippen molar-refractivity contribution in [1.29, 1.82) is 0 Å². The molecule has 5 amide bonds.